The number of benzene rings is 1. The summed E-state index contributed by atoms with van der Waals surface area (Å²) in [6.45, 7) is 4.03. The van der Waals surface area contributed by atoms with E-state index >= 15 is 0 Å². The minimum absolute atomic E-state index is 0.0322. The second kappa shape index (κ2) is 6.87. The number of nitrogens with zero attached hydrogens (tertiary/aromatic N) is 1. The van der Waals surface area contributed by atoms with Crippen molar-refractivity contribution < 1.29 is 10.1 Å². The molecule has 0 unspecified atom stereocenters. The van der Waals surface area contributed by atoms with Gasteiger partial charge in [-0.25, -0.2) is 0 Å². The molecule has 1 aromatic rings. The first-order valence-corrected chi connectivity index (χ1v) is 8.12. The van der Waals surface area contributed by atoms with Gasteiger partial charge in [-0.1, -0.05) is 29.3 Å². The van der Waals surface area contributed by atoms with Gasteiger partial charge in [-0.15, -0.1) is 0 Å². The van der Waals surface area contributed by atoms with Crippen molar-refractivity contribution in [3.63, 3.8) is 0 Å². The minimum atomic E-state index is -0.744. The molecular weight excluding hydrogens is 321 g/mol. The molecule has 22 heavy (non-hydrogen) atoms. The molecule has 1 aliphatic rings. The van der Waals surface area contributed by atoms with Gasteiger partial charge in [-0.05, 0) is 44.7 Å². The van der Waals surface area contributed by atoms with Crippen molar-refractivity contribution in [2.24, 2.45) is 5.92 Å². The summed E-state index contributed by atoms with van der Waals surface area (Å²) in [4.78, 5) is 12.1. The molecule has 6 heteroatoms. The zero-order valence-corrected chi connectivity index (χ0v) is 14.2. The van der Waals surface area contributed by atoms with Gasteiger partial charge in [-0.3, -0.25) is 4.79 Å². The van der Waals surface area contributed by atoms with Crippen LogP contribution < -0.4 is 10.6 Å². The van der Waals surface area contributed by atoms with Crippen LogP contribution in [0.5, 0.6) is 0 Å². The molecule has 0 spiro atoms. The van der Waals surface area contributed by atoms with Crippen LogP contribution in [0.3, 0.4) is 0 Å². The van der Waals surface area contributed by atoms with Crippen molar-refractivity contribution in [3.05, 3.63) is 33.8 Å². The molecule has 1 aromatic carbocycles. The molecule has 4 nitrogen and oxygen atoms in total. The molecule has 0 saturated heterocycles. The highest BCUT2D eigenvalue weighted by Crippen LogP contribution is 2.39. The predicted molar refractivity (Wildman–Crippen MR) is 86.6 cm³/mol. The maximum absolute atomic E-state index is 12.1. The molecule has 2 rings (SSSR count). The van der Waals surface area contributed by atoms with Gasteiger partial charge >= 0.3 is 0 Å². The molecule has 3 N–H and O–H groups in total. The van der Waals surface area contributed by atoms with E-state index in [0.29, 0.717) is 10.0 Å². The fourth-order valence-electron chi connectivity index (χ4n) is 2.50. The highest BCUT2D eigenvalue weighted by atomic mass is 35.5. The van der Waals surface area contributed by atoms with Crippen LogP contribution in [0, 0.1) is 17.2 Å². The van der Waals surface area contributed by atoms with Gasteiger partial charge in [0.15, 0.2) is 6.54 Å². The molecule has 0 bridgehead atoms. The van der Waals surface area contributed by atoms with Crippen LogP contribution in [0.2, 0.25) is 10.0 Å². The molecule has 118 valence electrons. The lowest BCUT2D eigenvalue weighted by atomic mass is 9.98. The number of quaternary nitrogens is 1. The van der Waals surface area contributed by atoms with Crippen LogP contribution >= 0.6 is 23.2 Å². The van der Waals surface area contributed by atoms with Crippen LogP contribution in [0.1, 0.15) is 38.3 Å². The third-order valence-electron chi connectivity index (χ3n) is 4.14. The van der Waals surface area contributed by atoms with Crippen LogP contribution in [0.25, 0.3) is 0 Å². The molecule has 0 radical (unpaired) electrons. The summed E-state index contributed by atoms with van der Waals surface area (Å²) in [5.41, 5.74) is 0.190. The van der Waals surface area contributed by atoms with Crippen molar-refractivity contribution in [2.75, 3.05) is 6.54 Å². The molecule has 1 fully saturated rings. The number of nitrogens with one attached hydrogen (secondary N) is 1. The Bertz CT molecular complexity index is 610. The summed E-state index contributed by atoms with van der Waals surface area (Å²) in [7, 11) is 0. The van der Waals surface area contributed by atoms with Gasteiger partial charge < -0.3 is 10.6 Å². The summed E-state index contributed by atoms with van der Waals surface area (Å²) >= 11 is 12.1. The lowest BCUT2D eigenvalue weighted by molar-refractivity contribution is -0.682. The third kappa shape index (κ3) is 4.13. The second-order valence-electron chi connectivity index (χ2n) is 6.03. The highest BCUT2D eigenvalue weighted by molar-refractivity contribution is 6.35. The Morgan fingerprint density at radius 1 is 1.55 bits per heavy atom. The van der Waals surface area contributed by atoms with Crippen molar-refractivity contribution >= 4 is 29.1 Å². The van der Waals surface area contributed by atoms with E-state index in [-0.39, 0.29) is 24.4 Å². The number of nitrogens with two attached hydrogens (primary N) is 1. The molecule has 0 aromatic heterocycles. The smallest absolute Gasteiger partial charge is 0.276 e. The molecule has 1 aliphatic carbocycles. The standard InChI is InChI=1S/C16H19Cl2N3O/c1-10(13-6-5-12(17)7-14(13)18)20-8-15(22)21-16(2,9-19)11-3-4-11/h5-7,10-11,20H,3-4,8H2,1-2H3,(H,21,22)/p+1/t10-,16-/m0/s1. The molecular formula is C16H20Cl2N3O+. The van der Waals surface area contributed by atoms with E-state index in [9.17, 15) is 10.1 Å². The zero-order valence-electron chi connectivity index (χ0n) is 12.7. The molecule has 1 amide bonds. The summed E-state index contributed by atoms with van der Waals surface area (Å²) < 4.78 is 0. The quantitative estimate of drug-likeness (QED) is 0.834. The molecule has 0 heterocycles. The number of nitriles is 1. The van der Waals surface area contributed by atoms with Gasteiger partial charge in [0.25, 0.3) is 5.91 Å². The first-order chi connectivity index (χ1) is 10.4. The minimum Gasteiger partial charge on any atom is -0.333 e. The summed E-state index contributed by atoms with van der Waals surface area (Å²) in [6.07, 6.45) is 2.01. The number of hydrogen-bond acceptors (Lipinski definition) is 2. The Kier molecular flexibility index (Phi) is 5.33. The fraction of sp³-hybridized carbons (Fsp3) is 0.500. The number of rotatable bonds is 6. The summed E-state index contributed by atoms with van der Waals surface area (Å²) in [5, 5.41) is 15.2. The Hall–Kier alpha value is -1.28. The van der Waals surface area contributed by atoms with Crippen molar-refractivity contribution in [1.29, 1.82) is 5.26 Å². The van der Waals surface area contributed by atoms with Gasteiger partial charge in [0.2, 0.25) is 0 Å². The number of carbonyl (C=O) groups excluding carboxylic acids is 1. The van der Waals surface area contributed by atoms with Crippen LogP contribution in [0.4, 0.5) is 0 Å². The largest absolute Gasteiger partial charge is 0.333 e. The second-order valence-corrected chi connectivity index (χ2v) is 6.87. The topological polar surface area (TPSA) is 69.5 Å². The lowest BCUT2D eigenvalue weighted by Gasteiger charge is -2.22. The van der Waals surface area contributed by atoms with E-state index in [1.165, 1.54) is 0 Å². The zero-order chi connectivity index (χ0) is 16.3. The van der Waals surface area contributed by atoms with Gasteiger partial charge in [-0.2, -0.15) is 5.26 Å². The Morgan fingerprint density at radius 3 is 2.77 bits per heavy atom. The lowest BCUT2D eigenvalue weighted by Crippen LogP contribution is -2.87. The first-order valence-electron chi connectivity index (χ1n) is 7.36. The monoisotopic (exact) mass is 340 g/mol. The molecule has 2 atom stereocenters. The first kappa shape index (κ1) is 17.1. The van der Waals surface area contributed by atoms with Crippen LogP contribution in [0.15, 0.2) is 18.2 Å². The maximum atomic E-state index is 12.1. The molecule has 0 aliphatic heterocycles. The van der Waals surface area contributed by atoms with Crippen LogP contribution in [-0.4, -0.2) is 18.0 Å². The average molecular weight is 341 g/mol. The third-order valence-corrected chi connectivity index (χ3v) is 4.70. The number of amides is 1. The van der Waals surface area contributed by atoms with E-state index in [4.69, 9.17) is 23.2 Å². The van der Waals surface area contributed by atoms with E-state index in [2.05, 4.69) is 11.4 Å². The van der Waals surface area contributed by atoms with E-state index in [1.54, 1.807) is 19.1 Å². The predicted octanol–water partition coefficient (Wildman–Crippen LogP) is 2.43. The van der Waals surface area contributed by atoms with Crippen molar-refractivity contribution in [3.8, 4) is 6.07 Å². The average Bonchev–Trinajstić information content (AvgIpc) is 3.29. The van der Waals surface area contributed by atoms with E-state index in [0.717, 1.165) is 18.4 Å². The van der Waals surface area contributed by atoms with Crippen LogP contribution in [-0.2, 0) is 4.79 Å². The Balaban J connectivity index is 1.89. The SMILES string of the molecule is C[C@H]([NH2+]CC(=O)N[C@@](C)(C#N)C1CC1)c1ccc(Cl)cc1Cl. The Labute approximate surface area is 140 Å². The van der Waals surface area contributed by atoms with Gasteiger partial charge in [0.1, 0.15) is 11.6 Å². The fourth-order valence-corrected chi connectivity index (χ4v) is 3.08. The highest BCUT2D eigenvalue weighted by Gasteiger charge is 2.43. The van der Waals surface area contributed by atoms with E-state index in [1.807, 2.05) is 18.3 Å². The van der Waals surface area contributed by atoms with Crippen molar-refractivity contribution in [2.45, 2.75) is 38.3 Å². The summed E-state index contributed by atoms with van der Waals surface area (Å²) in [5.74, 6) is 0.150. The van der Waals surface area contributed by atoms with Crippen molar-refractivity contribution in [1.82, 2.24) is 5.32 Å². The number of carbonyl (C=O) groups is 1. The molecule has 1 saturated carbocycles. The Morgan fingerprint density at radius 2 is 2.23 bits per heavy atom. The number of halogens is 2. The summed E-state index contributed by atoms with van der Waals surface area (Å²) in [6, 6.07) is 7.61. The van der Waals surface area contributed by atoms with Gasteiger partial charge in [0, 0.05) is 10.6 Å². The van der Waals surface area contributed by atoms with E-state index < -0.39 is 5.54 Å². The normalized spacial score (nSPS) is 18.1. The number of hydrogen-bond donors (Lipinski definition) is 2. The maximum Gasteiger partial charge on any atom is 0.276 e. The van der Waals surface area contributed by atoms with Gasteiger partial charge in [0.05, 0.1) is 11.1 Å².